The predicted molar refractivity (Wildman–Crippen MR) is 124 cm³/mol. The van der Waals surface area contributed by atoms with Crippen LogP contribution < -0.4 is 24.4 Å². The fourth-order valence-electron chi connectivity index (χ4n) is 3.85. The summed E-state index contributed by atoms with van der Waals surface area (Å²) in [6, 6.07) is 11.8. The van der Waals surface area contributed by atoms with E-state index in [9.17, 15) is 4.79 Å². The zero-order valence-electron chi connectivity index (χ0n) is 19.5. The number of hydrogen-bond donors (Lipinski definition) is 1. The Morgan fingerprint density at radius 1 is 1.03 bits per heavy atom. The van der Waals surface area contributed by atoms with Gasteiger partial charge in [-0.15, -0.1) is 0 Å². The molecule has 8 heteroatoms. The molecule has 1 amide bonds. The topological polar surface area (TPSA) is 72.5 Å². The van der Waals surface area contributed by atoms with E-state index >= 15 is 0 Å². The van der Waals surface area contributed by atoms with Crippen LogP contribution in [0.2, 0.25) is 0 Å². The van der Waals surface area contributed by atoms with Crippen LogP contribution in [-0.4, -0.2) is 79.1 Å². The lowest BCUT2D eigenvalue weighted by molar-refractivity contribution is 0.0162. The summed E-state index contributed by atoms with van der Waals surface area (Å²) in [6.07, 6.45) is 0. The second-order valence-electron chi connectivity index (χ2n) is 7.77. The summed E-state index contributed by atoms with van der Waals surface area (Å²) in [7, 11) is 8.64. The number of carbonyl (C=O) groups excluding carboxylic acids is 1. The van der Waals surface area contributed by atoms with Crippen molar-refractivity contribution in [2.24, 2.45) is 0 Å². The minimum Gasteiger partial charge on any atom is -0.493 e. The van der Waals surface area contributed by atoms with Crippen molar-refractivity contribution >= 4 is 11.6 Å². The van der Waals surface area contributed by atoms with Crippen molar-refractivity contribution in [3.8, 4) is 17.2 Å². The summed E-state index contributed by atoms with van der Waals surface area (Å²) < 4.78 is 21.6. The molecule has 1 N–H and O–H groups in total. The Morgan fingerprint density at radius 3 is 2.12 bits per heavy atom. The van der Waals surface area contributed by atoms with E-state index in [0.717, 1.165) is 24.3 Å². The van der Waals surface area contributed by atoms with Gasteiger partial charge in [0.2, 0.25) is 5.75 Å². The molecule has 0 aromatic heterocycles. The van der Waals surface area contributed by atoms with Gasteiger partial charge in [-0.3, -0.25) is 9.69 Å². The lowest BCUT2D eigenvalue weighted by atomic mass is 10.0. The second kappa shape index (κ2) is 11.1. The molecule has 1 saturated heterocycles. The van der Waals surface area contributed by atoms with E-state index in [-0.39, 0.29) is 11.9 Å². The SMILES string of the molecule is COc1cc(C(=O)NC[C@@H](c2ccc(N(C)C)cc2)N2CCOCC2)cc(OC)c1OC. The molecular weight excluding hydrogens is 410 g/mol. The van der Waals surface area contributed by atoms with Gasteiger partial charge in [0.1, 0.15) is 0 Å². The third-order valence-electron chi connectivity index (χ3n) is 5.66. The molecule has 2 aromatic carbocycles. The highest BCUT2D eigenvalue weighted by Gasteiger charge is 2.24. The number of rotatable bonds is 9. The van der Waals surface area contributed by atoms with E-state index in [2.05, 4.69) is 39.4 Å². The minimum absolute atomic E-state index is 0.0427. The minimum atomic E-state index is -0.201. The monoisotopic (exact) mass is 443 g/mol. The molecular formula is C24H33N3O5. The molecule has 3 rings (SSSR count). The number of anilines is 1. The first-order chi connectivity index (χ1) is 15.5. The molecule has 174 valence electrons. The molecule has 8 nitrogen and oxygen atoms in total. The second-order valence-corrected chi connectivity index (χ2v) is 7.77. The van der Waals surface area contributed by atoms with E-state index in [4.69, 9.17) is 18.9 Å². The highest BCUT2D eigenvalue weighted by Crippen LogP contribution is 2.38. The van der Waals surface area contributed by atoms with Gasteiger partial charge in [0.05, 0.1) is 40.6 Å². The Balaban J connectivity index is 1.80. The van der Waals surface area contributed by atoms with Crippen LogP contribution in [0.5, 0.6) is 17.2 Å². The first kappa shape index (κ1) is 23.7. The van der Waals surface area contributed by atoms with Gasteiger partial charge in [0.15, 0.2) is 11.5 Å². The first-order valence-electron chi connectivity index (χ1n) is 10.7. The van der Waals surface area contributed by atoms with Crippen LogP contribution in [0.4, 0.5) is 5.69 Å². The Labute approximate surface area is 190 Å². The number of methoxy groups -OCH3 is 3. The standard InChI is InChI=1S/C24H33N3O5/c1-26(2)19-8-6-17(7-9-19)20(27-10-12-32-13-11-27)16-25-24(28)18-14-21(29-3)23(31-5)22(15-18)30-4/h6-9,14-15,20H,10-13,16H2,1-5H3,(H,25,28)/t20-/m0/s1. The van der Waals surface area contributed by atoms with E-state index < -0.39 is 0 Å². The van der Waals surface area contributed by atoms with Crippen molar-refractivity contribution in [3.05, 3.63) is 47.5 Å². The van der Waals surface area contributed by atoms with Crippen LogP contribution in [0.3, 0.4) is 0 Å². The first-order valence-corrected chi connectivity index (χ1v) is 10.7. The normalized spacial score (nSPS) is 15.0. The summed E-state index contributed by atoms with van der Waals surface area (Å²) in [5.41, 5.74) is 2.74. The molecule has 0 unspecified atom stereocenters. The van der Waals surface area contributed by atoms with Crippen LogP contribution in [0, 0.1) is 0 Å². The number of hydrogen-bond acceptors (Lipinski definition) is 7. The van der Waals surface area contributed by atoms with Gasteiger partial charge < -0.3 is 29.2 Å². The highest BCUT2D eigenvalue weighted by molar-refractivity contribution is 5.95. The highest BCUT2D eigenvalue weighted by atomic mass is 16.5. The van der Waals surface area contributed by atoms with Crippen molar-refractivity contribution in [2.75, 3.05) is 73.2 Å². The molecule has 0 spiro atoms. The average molecular weight is 444 g/mol. The average Bonchev–Trinajstić information content (AvgIpc) is 2.83. The molecule has 0 saturated carbocycles. The molecule has 1 aliphatic rings. The zero-order chi connectivity index (χ0) is 23.1. The molecule has 0 bridgehead atoms. The van der Waals surface area contributed by atoms with Gasteiger partial charge in [0, 0.05) is 45.0 Å². The number of ether oxygens (including phenoxy) is 4. The molecule has 32 heavy (non-hydrogen) atoms. The quantitative estimate of drug-likeness (QED) is 0.639. The summed E-state index contributed by atoms with van der Waals surface area (Å²) >= 11 is 0. The predicted octanol–water partition coefficient (Wildman–Crippen LogP) is 2.58. The Morgan fingerprint density at radius 2 is 1.62 bits per heavy atom. The summed E-state index contributed by atoms with van der Waals surface area (Å²) in [5, 5.41) is 3.09. The largest absolute Gasteiger partial charge is 0.493 e. The van der Waals surface area contributed by atoms with Gasteiger partial charge >= 0.3 is 0 Å². The summed E-state index contributed by atoms with van der Waals surface area (Å²) in [6.45, 7) is 3.48. The Bertz CT molecular complexity index is 870. The van der Waals surface area contributed by atoms with Crippen molar-refractivity contribution in [2.45, 2.75) is 6.04 Å². The van der Waals surface area contributed by atoms with Gasteiger partial charge in [0.25, 0.3) is 5.91 Å². The van der Waals surface area contributed by atoms with E-state index in [0.29, 0.717) is 42.6 Å². The summed E-state index contributed by atoms with van der Waals surface area (Å²) in [4.78, 5) is 17.4. The van der Waals surface area contributed by atoms with Crippen molar-refractivity contribution in [1.82, 2.24) is 10.2 Å². The van der Waals surface area contributed by atoms with Gasteiger partial charge in [-0.1, -0.05) is 12.1 Å². The van der Waals surface area contributed by atoms with E-state index in [1.54, 1.807) is 12.1 Å². The van der Waals surface area contributed by atoms with Crippen molar-refractivity contribution in [1.29, 1.82) is 0 Å². The lowest BCUT2D eigenvalue weighted by Gasteiger charge is -2.35. The zero-order valence-corrected chi connectivity index (χ0v) is 19.5. The third kappa shape index (κ3) is 5.44. The molecule has 0 aliphatic carbocycles. The van der Waals surface area contributed by atoms with Crippen LogP contribution in [0.1, 0.15) is 22.0 Å². The van der Waals surface area contributed by atoms with Crippen LogP contribution in [0.25, 0.3) is 0 Å². The molecule has 2 aromatic rings. The fraction of sp³-hybridized carbons (Fsp3) is 0.458. The number of amides is 1. The van der Waals surface area contributed by atoms with Gasteiger partial charge in [-0.2, -0.15) is 0 Å². The molecule has 1 heterocycles. The summed E-state index contributed by atoms with van der Waals surface area (Å²) in [5.74, 6) is 1.15. The van der Waals surface area contributed by atoms with E-state index in [1.165, 1.54) is 21.3 Å². The van der Waals surface area contributed by atoms with E-state index in [1.807, 2.05) is 14.1 Å². The maximum Gasteiger partial charge on any atom is 0.251 e. The lowest BCUT2D eigenvalue weighted by Crippen LogP contribution is -2.43. The fourth-order valence-corrected chi connectivity index (χ4v) is 3.85. The van der Waals surface area contributed by atoms with Gasteiger partial charge in [-0.05, 0) is 29.8 Å². The van der Waals surface area contributed by atoms with Crippen LogP contribution in [-0.2, 0) is 4.74 Å². The number of nitrogens with one attached hydrogen (secondary N) is 1. The number of morpholine rings is 1. The Hall–Kier alpha value is -2.97. The third-order valence-corrected chi connectivity index (χ3v) is 5.66. The van der Waals surface area contributed by atoms with Crippen LogP contribution >= 0.6 is 0 Å². The molecule has 1 aliphatic heterocycles. The number of carbonyl (C=O) groups is 1. The number of benzene rings is 2. The van der Waals surface area contributed by atoms with Crippen molar-refractivity contribution < 1.29 is 23.7 Å². The molecule has 1 atom stereocenters. The van der Waals surface area contributed by atoms with Crippen molar-refractivity contribution in [3.63, 3.8) is 0 Å². The van der Waals surface area contributed by atoms with Crippen LogP contribution in [0.15, 0.2) is 36.4 Å². The maximum atomic E-state index is 13.0. The number of nitrogens with zero attached hydrogens (tertiary/aromatic N) is 2. The molecule has 0 radical (unpaired) electrons. The smallest absolute Gasteiger partial charge is 0.251 e. The molecule has 1 fully saturated rings. The Kier molecular flexibility index (Phi) is 8.19. The maximum absolute atomic E-state index is 13.0. The van der Waals surface area contributed by atoms with Gasteiger partial charge in [-0.25, -0.2) is 0 Å².